The van der Waals surface area contributed by atoms with E-state index in [9.17, 15) is 4.79 Å². The Kier molecular flexibility index (Phi) is 4.91. The maximum atomic E-state index is 12.0. The van der Waals surface area contributed by atoms with Gasteiger partial charge < -0.3 is 20.3 Å². The Bertz CT molecular complexity index is 331. The van der Waals surface area contributed by atoms with Crippen molar-refractivity contribution in [1.82, 2.24) is 15.5 Å². The molecule has 5 nitrogen and oxygen atoms in total. The van der Waals surface area contributed by atoms with Gasteiger partial charge >= 0.3 is 0 Å². The van der Waals surface area contributed by atoms with E-state index in [0.29, 0.717) is 12.1 Å². The topological polar surface area (TPSA) is 53.6 Å². The van der Waals surface area contributed by atoms with E-state index < -0.39 is 0 Å². The summed E-state index contributed by atoms with van der Waals surface area (Å²) in [7, 11) is 0. The van der Waals surface area contributed by atoms with E-state index in [1.54, 1.807) is 0 Å². The molecular weight excluding hydrogens is 254 g/mol. The number of carbonyl (C=O) groups is 1. The van der Waals surface area contributed by atoms with E-state index in [2.05, 4.69) is 15.5 Å². The first kappa shape index (κ1) is 14.3. The Morgan fingerprint density at radius 1 is 1.20 bits per heavy atom. The van der Waals surface area contributed by atoms with Crippen LogP contribution in [0.4, 0.5) is 0 Å². The number of nitrogens with one attached hydrogen (secondary N) is 2. The lowest BCUT2D eigenvalue weighted by molar-refractivity contribution is -0.129. The first-order chi connectivity index (χ1) is 9.81. The molecule has 20 heavy (non-hydrogen) atoms. The maximum absolute atomic E-state index is 12.0. The van der Waals surface area contributed by atoms with E-state index in [4.69, 9.17) is 4.74 Å². The van der Waals surface area contributed by atoms with Crippen LogP contribution < -0.4 is 10.6 Å². The van der Waals surface area contributed by atoms with Gasteiger partial charge in [0, 0.05) is 18.6 Å². The molecule has 3 saturated heterocycles. The van der Waals surface area contributed by atoms with Crippen LogP contribution in [0.2, 0.25) is 0 Å². The molecule has 3 aliphatic rings. The van der Waals surface area contributed by atoms with Crippen LogP contribution >= 0.6 is 0 Å². The van der Waals surface area contributed by atoms with E-state index in [-0.39, 0.29) is 18.6 Å². The molecule has 0 aromatic carbocycles. The van der Waals surface area contributed by atoms with Gasteiger partial charge in [-0.3, -0.25) is 4.79 Å². The van der Waals surface area contributed by atoms with Gasteiger partial charge in [0.1, 0.15) is 6.61 Å². The summed E-state index contributed by atoms with van der Waals surface area (Å²) in [4.78, 5) is 14.6. The van der Waals surface area contributed by atoms with Crippen LogP contribution in [0.5, 0.6) is 0 Å². The molecule has 3 fully saturated rings. The summed E-state index contributed by atoms with van der Waals surface area (Å²) in [6.45, 7) is 4.64. The highest BCUT2D eigenvalue weighted by Crippen LogP contribution is 2.26. The highest BCUT2D eigenvalue weighted by molar-refractivity contribution is 5.77. The van der Waals surface area contributed by atoms with Gasteiger partial charge in [0.2, 0.25) is 5.91 Å². The molecule has 0 aliphatic carbocycles. The third kappa shape index (κ3) is 3.71. The van der Waals surface area contributed by atoms with Crippen LogP contribution in [0.3, 0.4) is 0 Å². The van der Waals surface area contributed by atoms with Crippen LogP contribution in [0.15, 0.2) is 0 Å². The third-order valence-corrected chi connectivity index (χ3v) is 4.92. The first-order valence-corrected chi connectivity index (χ1v) is 8.17. The molecule has 0 saturated carbocycles. The second-order valence-electron chi connectivity index (χ2n) is 6.38. The summed E-state index contributed by atoms with van der Waals surface area (Å²) in [5.74, 6) is 0.0694. The van der Waals surface area contributed by atoms with Gasteiger partial charge in [0.05, 0.1) is 6.10 Å². The number of ether oxygens (including phenoxy) is 1. The maximum Gasteiger partial charge on any atom is 0.246 e. The minimum atomic E-state index is 0.0694. The Morgan fingerprint density at radius 3 is 2.90 bits per heavy atom. The number of piperidine rings is 2. The fourth-order valence-electron chi connectivity index (χ4n) is 3.78. The highest BCUT2D eigenvalue weighted by atomic mass is 16.5. The number of nitrogens with zero attached hydrogens (tertiary/aromatic N) is 1. The van der Waals surface area contributed by atoms with Crippen molar-refractivity contribution in [3.05, 3.63) is 0 Å². The lowest BCUT2D eigenvalue weighted by Gasteiger charge is -2.35. The van der Waals surface area contributed by atoms with Gasteiger partial charge in [-0.1, -0.05) is 0 Å². The van der Waals surface area contributed by atoms with Crippen molar-refractivity contribution in [2.75, 3.05) is 32.8 Å². The molecule has 0 bridgehead atoms. The zero-order valence-electron chi connectivity index (χ0n) is 12.3. The SMILES string of the molecule is O=C(COC1CCNCC1)NC1CCN2CCCC2C1. The lowest BCUT2D eigenvalue weighted by atomic mass is 9.97. The summed E-state index contributed by atoms with van der Waals surface area (Å²) < 4.78 is 5.71. The predicted octanol–water partition coefficient (Wildman–Crippen LogP) is 0.498. The Labute approximate surface area is 121 Å². The number of hydrogen-bond donors (Lipinski definition) is 2. The Morgan fingerprint density at radius 2 is 2.05 bits per heavy atom. The minimum absolute atomic E-state index is 0.0694. The molecule has 2 unspecified atom stereocenters. The molecule has 2 atom stereocenters. The van der Waals surface area contributed by atoms with Gasteiger partial charge in [-0.15, -0.1) is 0 Å². The van der Waals surface area contributed by atoms with Crippen LogP contribution in [0.25, 0.3) is 0 Å². The van der Waals surface area contributed by atoms with Gasteiger partial charge in [0.15, 0.2) is 0 Å². The Balaban J connectivity index is 1.36. The summed E-state index contributed by atoms with van der Waals surface area (Å²) in [6.07, 6.45) is 7.15. The first-order valence-electron chi connectivity index (χ1n) is 8.17. The van der Waals surface area contributed by atoms with Crippen molar-refractivity contribution >= 4 is 5.91 Å². The number of hydrogen-bond acceptors (Lipinski definition) is 4. The highest BCUT2D eigenvalue weighted by Gasteiger charge is 2.32. The van der Waals surface area contributed by atoms with Crippen molar-refractivity contribution in [2.24, 2.45) is 0 Å². The van der Waals surface area contributed by atoms with Crippen LogP contribution in [0.1, 0.15) is 38.5 Å². The summed E-state index contributed by atoms with van der Waals surface area (Å²) in [5, 5.41) is 6.47. The van der Waals surface area contributed by atoms with Crippen molar-refractivity contribution in [2.45, 2.75) is 56.7 Å². The molecule has 114 valence electrons. The minimum Gasteiger partial charge on any atom is -0.368 e. The van der Waals surface area contributed by atoms with E-state index >= 15 is 0 Å². The fraction of sp³-hybridized carbons (Fsp3) is 0.933. The van der Waals surface area contributed by atoms with Crippen LogP contribution in [-0.2, 0) is 9.53 Å². The fourth-order valence-corrected chi connectivity index (χ4v) is 3.78. The molecule has 5 heteroatoms. The number of rotatable bonds is 4. The average Bonchev–Trinajstić information content (AvgIpc) is 2.94. The molecule has 0 aromatic rings. The van der Waals surface area contributed by atoms with Gasteiger partial charge in [-0.05, 0) is 58.2 Å². The normalized spacial score (nSPS) is 32.0. The van der Waals surface area contributed by atoms with Gasteiger partial charge in [0.25, 0.3) is 0 Å². The summed E-state index contributed by atoms with van der Waals surface area (Å²) in [5.41, 5.74) is 0. The van der Waals surface area contributed by atoms with Crippen molar-refractivity contribution < 1.29 is 9.53 Å². The molecule has 2 N–H and O–H groups in total. The van der Waals surface area contributed by atoms with E-state index in [1.165, 1.54) is 19.4 Å². The van der Waals surface area contributed by atoms with Crippen molar-refractivity contribution in [1.29, 1.82) is 0 Å². The van der Waals surface area contributed by atoms with Gasteiger partial charge in [-0.2, -0.15) is 0 Å². The monoisotopic (exact) mass is 281 g/mol. The largest absolute Gasteiger partial charge is 0.368 e. The van der Waals surface area contributed by atoms with Crippen LogP contribution in [-0.4, -0.2) is 61.8 Å². The lowest BCUT2D eigenvalue weighted by Crippen LogP contribution is -2.48. The smallest absolute Gasteiger partial charge is 0.246 e. The van der Waals surface area contributed by atoms with Gasteiger partial charge in [-0.25, -0.2) is 0 Å². The number of fused-ring (bicyclic) bond motifs is 1. The molecule has 3 heterocycles. The van der Waals surface area contributed by atoms with Crippen molar-refractivity contribution in [3.8, 4) is 0 Å². The molecule has 1 amide bonds. The second kappa shape index (κ2) is 6.87. The third-order valence-electron chi connectivity index (χ3n) is 4.92. The molecular formula is C15H27N3O2. The van der Waals surface area contributed by atoms with Crippen molar-refractivity contribution in [3.63, 3.8) is 0 Å². The molecule has 0 radical (unpaired) electrons. The zero-order chi connectivity index (χ0) is 13.8. The quantitative estimate of drug-likeness (QED) is 0.788. The van der Waals surface area contributed by atoms with E-state index in [1.807, 2.05) is 0 Å². The van der Waals surface area contributed by atoms with E-state index in [0.717, 1.165) is 45.3 Å². The zero-order valence-corrected chi connectivity index (χ0v) is 12.3. The van der Waals surface area contributed by atoms with Crippen LogP contribution in [0, 0.1) is 0 Å². The number of carbonyl (C=O) groups excluding carboxylic acids is 1. The summed E-state index contributed by atoms with van der Waals surface area (Å²) in [6, 6.07) is 1.07. The molecule has 3 aliphatic heterocycles. The standard InChI is InChI=1S/C15H27N3O2/c19-15(11-20-14-3-6-16-7-4-14)17-12-5-9-18-8-1-2-13(18)10-12/h12-14,16H,1-11H2,(H,17,19). The average molecular weight is 281 g/mol. The predicted molar refractivity (Wildman–Crippen MR) is 77.6 cm³/mol. The molecule has 3 rings (SSSR count). The molecule has 0 spiro atoms. The number of amides is 1. The second-order valence-corrected chi connectivity index (χ2v) is 6.38. The summed E-state index contributed by atoms with van der Waals surface area (Å²) >= 11 is 0. The molecule has 0 aromatic heterocycles. The Hall–Kier alpha value is -0.650.